The number of nitrogens with one attached hydrogen (secondary N) is 1. The zero-order valence-corrected chi connectivity index (χ0v) is 15.9. The maximum atomic E-state index is 12.5. The van der Waals surface area contributed by atoms with Crippen LogP contribution >= 0.6 is 23.2 Å². The minimum Gasteiger partial charge on any atom is -0.322 e. The molecule has 0 saturated carbocycles. The van der Waals surface area contributed by atoms with Gasteiger partial charge >= 0.3 is 0 Å². The minimum absolute atomic E-state index is 0.292. The van der Waals surface area contributed by atoms with Crippen molar-refractivity contribution in [3.63, 3.8) is 0 Å². The Bertz CT molecular complexity index is 1170. The topological polar surface area (TPSA) is 46.4 Å². The third-order valence-electron chi connectivity index (χ3n) is 4.27. The lowest BCUT2D eigenvalue weighted by Gasteiger charge is -2.08. The number of carbonyl (C=O) groups is 1. The number of hydrogen-bond donors (Lipinski definition) is 1. The number of imidazole rings is 1. The van der Waals surface area contributed by atoms with Crippen LogP contribution in [-0.4, -0.2) is 15.3 Å². The highest BCUT2D eigenvalue weighted by Gasteiger charge is 2.12. The lowest BCUT2D eigenvalue weighted by molar-refractivity contribution is 0.102. The summed E-state index contributed by atoms with van der Waals surface area (Å²) in [5.74, 6) is -0.292. The second-order valence-electron chi connectivity index (χ2n) is 6.21. The van der Waals surface area contributed by atoms with Crippen molar-refractivity contribution in [2.24, 2.45) is 0 Å². The summed E-state index contributed by atoms with van der Waals surface area (Å²) in [6.07, 6.45) is 3.94. The first-order chi connectivity index (χ1) is 13.0. The number of carbonyl (C=O) groups excluding carboxylic acids is 1. The first kappa shape index (κ1) is 17.6. The van der Waals surface area contributed by atoms with Gasteiger partial charge < -0.3 is 9.72 Å². The highest BCUT2D eigenvalue weighted by Crippen LogP contribution is 2.25. The summed E-state index contributed by atoms with van der Waals surface area (Å²) in [7, 11) is 0. The van der Waals surface area contributed by atoms with Crippen molar-refractivity contribution in [1.82, 2.24) is 9.38 Å². The molecular weight excluding hydrogens is 381 g/mol. The highest BCUT2D eigenvalue weighted by molar-refractivity contribution is 6.37. The summed E-state index contributed by atoms with van der Waals surface area (Å²) in [5.41, 5.74) is 4.80. The van der Waals surface area contributed by atoms with Crippen LogP contribution in [0, 0.1) is 6.92 Å². The van der Waals surface area contributed by atoms with Gasteiger partial charge in [-0.1, -0.05) is 41.4 Å². The van der Waals surface area contributed by atoms with Crippen molar-refractivity contribution in [2.45, 2.75) is 6.92 Å². The van der Waals surface area contributed by atoms with Gasteiger partial charge in [0, 0.05) is 28.7 Å². The number of hydrogen-bond acceptors (Lipinski definition) is 2. The normalized spacial score (nSPS) is 10.9. The molecule has 0 bridgehead atoms. The maximum absolute atomic E-state index is 12.5. The van der Waals surface area contributed by atoms with Crippen LogP contribution in [-0.2, 0) is 0 Å². The van der Waals surface area contributed by atoms with Crippen molar-refractivity contribution < 1.29 is 4.79 Å². The largest absolute Gasteiger partial charge is 0.322 e. The van der Waals surface area contributed by atoms with Gasteiger partial charge in [0.05, 0.1) is 16.3 Å². The number of pyridine rings is 1. The number of benzene rings is 2. The lowest BCUT2D eigenvalue weighted by Crippen LogP contribution is -2.12. The summed E-state index contributed by atoms with van der Waals surface area (Å²) in [6.45, 7) is 2.03. The molecule has 134 valence electrons. The molecule has 1 N–H and O–H groups in total. The highest BCUT2D eigenvalue weighted by atomic mass is 35.5. The molecule has 2 heterocycles. The van der Waals surface area contributed by atoms with E-state index in [2.05, 4.69) is 5.32 Å². The fraction of sp³-hybridized carbons (Fsp3) is 0.0476. The van der Waals surface area contributed by atoms with E-state index in [-0.39, 0.29) is 5.91 Å². The third-order valence-corrected chi connectivity index (χ3v) is 4.82. The van der Waals surface area contributed by atoms with Crippen molar-refractivity contribution in [3.8, 4) is 11.3 Å². The van der Waals surface area contributed by atoms with Crippen LogP contribution in [0.2, 0.25) is 10.0 Å². The van der Waals surface area contributed by atoms with Gasteiger partial charge in [-0.2, -0.15) is 0 Å². The number of nitrogens with zero attached hydrogens (tertiary/aromatic N) is 2. The second-order valence-corrected chi connectivity index (χ2v) is 7.05. The zero-order chi connectivity index (χ0) is 19.0. The molecule has 0 aliphatic carbocycles. The van der Waals surface area contributed by atoms with Crippen LogP contribution in [0.15, 0.2) is 67.0 Å². The Morgan fingerprint density at radius 1 is 1.07 bits per heavy atom. The van der Waals surface area contributed by atoms with E-state index in [1.165, 1.54) is 0 Å². The molecule has 2 aromatic carbocycles. The number of amides is 1. The fourth-order valence-corrected chi connectivity index (χ4v) is 3.42. The molecule has 0 fully saturated rings. The van der Waals surface area contributed by atoms with Gasteiger partial charge in [0.1, 0.15) is 5.65 Å². The Labute approximate surface area is 166 Å². The number of halogens is 2. The van der Waals surface area contributed by atoms with Gasteiger partial charge in [0.25, 0.3) is 5.91 Å². The average Bonchev–Trinajstić information content (AvgIpc) is 3.07. The monoisotopic (exact) mass is 395 g/mol. The molecule has 4 aromatic rings. The quantitative estimate of drug-likeness (QED) is 0.471. The van der Waals surface area contributed by atoms with E-state index in [9.17, 15) is 4.79 Å². The number of aryl methyl sites for hydroxylation is 1. The molecule has 0 atom stereocenters. The molecule has 1 amide bonds. The predicted molar refractivity (Wildman–Crippen MR) is 110 cm³/mol. The smallest absolute Gasteiger partial charge is 0.257 e. The van der Waals surface area contributed by atoms with Gasteiger partial charge in [-0.15, -0.1) is 0 Å². The number of rotatable bonds is 3. The molecule has 6 heteroatoms. The molecule has 27 heavy (non-hydrogen) atoms. The van der Waals surface area contributed by atoms with E-state index in [0.29, 0.717) is 21.3 Å². The van der Waals surface area contributed by atoms with E-state index in [1.807, 2.05) is 60.1 Å². The third kappa shape index (κ3) is 3.54. The first-order valence-electron chi connectivity index (χ1n) is 8.32. The van der Waals surface area contributed by atoms with Gasteiger partial charge in [-0.3, -0.25) is 4.79 Å². The van der Waals surface area contributed by atoms with Gasteiger partial charge in [-0.05, 0) is 48.9 Å². The van der Waals surface area contributed by atoms with Crippen molar-refractivity contribution in [1.29, 1.82) is 0 Å². The summed E-state index contributed by atoms with van der Waals surface area (Å²) >= 11 is 12.0. The molecule has 4 rings (SSSR count). The van der Waals surface area contributed by atoms with E-state index in [0.717, 1.165) is 22.5 Å². The van der Waals surface area contributed by atoms with Crippen molar-refractivity contribution >= 4 is 40.4 Å². The number of aromatic nitrogens is 2. The minimum atomic E-state index is -0.292. The molecule has 0 radical (unpaired) electrons. The van der Waals surface area contributed by atoms with E-state index < -0.39 is 0 Å². The van der Waals surface area contributed by atoms with E-state index >= 15 is 0 Å². The Kier molecular flexibility index (Phi) is 4.60. The summed E-state index contributed by atoms with van der Waals surface area (Å²) < 4.78 is 1.99. The van der Waals surface area contributed by atoms with Crippen LogP contribution in [0.4, 0.5) is 5.69 Å². The Morgan fingerprint density at radius 2 is 1.93 bits per heavy atom. The molecule has 0 aliphatic rings. The van der Waals surface area contributed by atoms with Gasteiger partial charge in [0.15, 0.2) is 0 Å². The molecule has 0 unspecified atom stereocenters. The average molecular weight is 396 g/mol. The summed E-state index contributed by atoms with van der Waals surface area (Å²) in [5, 5.41) is 3.67. The lowest BCUT2D eigenvalue weighted by atomic mass is 10.1. The fourth-order valence-electron chi connectivity index (χ4n) is 2.92. The second kappa shape index (κ2) is 7.06. The summed E-state index contributed by atoms with van der Waals surface area (Å²) in [6, 6.07) is 16.4. The van der Waals surface area contributed by atoms with Gasteiger partial charge in [-0.25, -0.2) is 4.98 Å². The Balaban J connectivity index is 1.64. The van der Waals surface area contributed by atoms with E-state index in [4.69, 9.17) is 28.2 Å². The molecule has 2 aromatic heterocycles. The van der Waals surface area contributed by atoms with Crippen LogP contribution in [0.3, 0.4) is 0 Å². The van der Waals surface area contributed by atoms with Crippen molar-refractivity contribution in [3.05, 3.63) is 88.2 Å². The number of fused-ring (bicyclic) bond motifs is 1. The summed E-state index contributed by atoms with van der Waals surface area (Å²) in [4.78, 5) is 17.2. The zero-order valence-electron chi connectivity index (χ0n) is 14.4. The Morgan fingerprint density at radius 3 is 2.70 bits per heavy atom. The number of anilines is 1. The molecule has 0 saturated heterocycles. The maximum Gasteiger partial charge on any atom is 0.257 e. The van der Waals surface area contributed by atoms with Crippen LogP contribution in [0.5, 0.6) is 0 Å². The van der Waals surface area contributed by atoms with Crippen LogP contribution < -0.4 is 5.32 Å². The SMILES string of the molecule is Cc1cccn2cc(-c3cccc(NC(=O)c4ccc(Cl)cc4Cl)c3)nc12. The molecular formula is C21H15Cl2N3O. The molecule has 0 spiro atoms. The van der Waals surface area contributed by atoms with Crippen LogP contribution in [0.25, 0.3) is 16.9 Å². The predicted octanol–water partition coefficient (Wildman–Crippen LogP) is 5.87. The molecule has 0 aliphatic heterocycles. The molecule has 4 nitrogen and oxygen atoms in total. The first-order valence-corrected chi connectivity index (χ1v) is 9.08. The van der Waals surface area contributed by atoms with Gasteiger partial charge in [0.2, 0.25) is 0 Å². The Hall–Kier alpha value is -2.82. The van der Waals surface area contributed by atoms with Crippen LogP contribution in [0.1, 0.15) is 15.9 Å². The standard InChI is InChI=1S/C21H15Cl2N3O/c1-13-4-3-9-26-12-19(25-20(13)26)14-5-2-6-16(10-14)24-21(27)17-8-7-15(22)11-18(17)23/h2-12H,1H3,(H,24,27). The van der Waals surface area contributed by atoms with E-state index in [1.54, 1.807) is 18.2 Å². The van der Waals surface area contributed by atoms with Crippen molar-refractivity contribution in [2.75, 3.05) is 5.32 Å².